The Morgan fingerprint density at radius 1 is 1.13 bits per heavy atom. The van der Waals surface area contributed by atoms with Crippen molar-refractivity contribution in [3.05, 3.63) is 58.2 Å². The molecule has 6 nitrogen and oxygen atoms in total. The van der Waals surface area contributed by atoms with E-state index in [0.29, 0.717) is 27.6 Å². The molecule has 3 heterocycles. The number of nitrogens with one attached hydrogen (secondary N) is 1. The number of fused-ring (bicyclic) bond motifs is 1. The topological polar surface area (TPSA) is 72.7 Å². The molecule has 0 unspecified atom stereocenters. The first-order valence-electron chi connectivity index (χ1n) is 9.32. The van der Waals surface area contributed by atoms with Crippen molar-refractivity contribution in [1.29, 1.82) is 0 Å². The molecule has 1 aromatic carbocycles. The standard InChI is InChI=1S/C21H19F2N5OS/c1-10(2)28-19-13(8-24-28)6-14(12(4)25-19)20(29)27-21-26-18(9-30-21)15-5-11(3)16(22)7-17(15)23/h5-10H,1-4H3,(H,26,27,29). The van der Waals surface area contributed by atoms with Crippen molar-refractivity contribution in [2.75, 3.05) is 5.32 Å². The highest BCUT2D eigenvalue weighted by Crippen LogP contribution is 2.29. The number of anilines is 1. The molecule has 1 N–H and O–H groups in total. The molecule has 0 aliphatic rings. The molecule has 0 saturated heterocycles. The smallest absolute Gasteiger partial charge is 0.259 e. The van der Waals surface area contributed by atoms with Crippen LogP contribution in [-0.4, -0.2) is 25.7 Å². The molecule has 0 aliphatic heterocycles. The summed E-state index contributed by atoms with van der Waals surface area (Å²) in [6, 6.07) is 4.14. The Morgan fingerprint density at radius 2 is 1.90 bits per heavy atom. The number of aromatic nitrogens is 4. The van der Waals surface area contributed by atoms with Crippen molar-refractivity contribution >= 4 is 33.4 Å². The number of thiazole rings is 1. The number of pyridine rings is 1. The minimum atomic E-state index is -0.700. The van der Waals surface area contributed by atoms with Crippen molar-refractivity contribution < 1.29 is 13.6 Å². The van der Waals surface area contributed by atoms with E-state index in [4.69, 9.17) is 0 Å². The van der Waals surface area contributed by atoms with Gasteiger partial charge in [-0.15, -0.1) is 11.3 Å². The molecule has 30 heavy (non-hydrogen) atoms. The fourth-order valence-electron chi connectivity index (χ4n) is 3.15. The maximum absolute atomic E-state index is 14.1. The van der Waals surface area contributed by atoms with E-state index in [2.05, 4.69) is 20.4 Å². The number of hydrogen-bond acceptors (Lipinski definition) is 5. The number of halogens is 2. The molecule has 0 fully saturated rings. The number of benzene rings is 1. The van der Waals surface area contributed by atoms with Gasteiger partial charge < -0.3 is 0 Å². The summed E-state index contributed by atoms with van der Waals surface area (Å²) in [4.78, 5) is 21.6. The summed E-state index contributed by atoms with van der Waals surface area (Å²) < 4.78 is 29.4. The van der Waals surface area contributed by atoms with Crippen LogP contribution < -0.4 is 5.32 Å². The Bertz CT molecular complexity index is 1280. The first-order chi connectivity index (χ1) is 14.2. The van der Waals surface area contributed by atoms with Crippen LogP contribution >= 0.6 is 11.3 Å². The lowest BCUT2D eigenvalue weighted by atomic mass is 10.1. The third-order valence-electron chi connectivity index (χ3n) is 4.74. The van der Waals surface area contributed by atoms with E-state index >= 15 is 0 Å². The zero-order valence-electron chi connectivity index (χ0n) is 16.8. The molecule has 154 valence electrons. The first kappa shape index (κ1) is 20.1. The van der Waals surface area contributed by atoms with E-state index in [-0.39, 0.29) is 17.5 Å². The molecule has 9 heteroatoms. The Balaban J connectivity index is 1.61. The summed E-state index contributed by atoms with van der Waals surface area (Å²) >= 11 is 1.16. The van der Waals surface area contributed by atoms with Crippen molar-refractivity contribution in [2.24, 2.45) is 0 Å². The van der Waals surface area contributed by atoms with Crippen molar-refractivity contribution in [1.82, 2.24) is 19.7 Å². The molecule has 0 aliphatic carbocycles. The van der Waals surface area contributed by atoms with Crippen LogP contribution in [0.2, 0.25) is 0 Å². The molecule has 0 bridgehead atoms. The van der Waals surface area contributed by atoms with E-state index in [9.17, 15) is 13.6 Å². The zero-order chi connectivity index (χ0) is 21.6. The van der Waals surface area contributed by atoms with Gasteiger partial charge in [-0.3, -0.25) is 10.1 Å². The van der Waals surface area contributed by atoms with Gasteiger partial charge in [0.05, 0.1) is 23.1 Å². The fourth-order valence-corrected chi connectivity index (χ4v) is 3.85. The van der Waals surface area contributed by atoms with E-state index in [1.165, 1.54) is 6.07 Å². The predicted molar refractivity (Wildman–Crippen MR) is 113 cm³/mol. The van der Waals surface area contributed by atoms with Gasteiger partial charge in [0.15, 0.2) is 10.8 Å². The summed E-state index contributed by atoms with van der Waals surface area (Å²) in [5.41, 5.74) is 2.54. The monoisotopic (exact) mass is 427 g/mol. The Hall–Kier alpha value is -3.20. The molecule has 0 spiro atoms. The number of rotatable bonds is 4. The highest BCUT2D eigenvalue weighted by atomic mass is 32.1. The highest BCUT2D eigenvalue weighted by molar-refractivity contribution is 7.14. The fraction of sp³-hybridized carbons (Fsp3) is 0.238. The molecule has 4 aromatic rings. The minimum Gasteiger partial charge on any atom is -0.298 e. The number of carbonyl (C=O) groups is 1. The molecule has 1 amide bonds. The van der Waals surface area contributed by atoms with Gasteiger partial charge in [0.2, 0.25) is 0 Å². The quantitative estimate of drug-likeness (QED) is 0.481. The Morgan fingerprint density at radius 3 is 2.63 bits per heavy atom. The molecule has 0 radical (unpaired) electrons. The highest BCUT2D eigenvalue weighted by Gasteiger charge is 2.18. The molecule has 4 rings (SSSR count). The Kier molecular flexibility index (Phi) is 5.07. The lowest BCUT2D eigenvalue weighted by molar-refractivity contribution is 0.102. The molecular weight excluding hydrogens is 408 g/mol. The molecule has 0 atom stereocenters. The normalized spacial score (nSPS) is 11.4. The largest absolute Gasteiger partial charge is 0.298 e. The van der Waals surface area contributed by atoms with E-state index < -0.39 is 11.6 Å². The van der Waals surface area contributed by atoms with E-state index in [1.807, 2.05) is 13.8 Å². The van der Waals surface area contributed by atoms with Gasteiger partial charge in [-0.2, -0.15) is 5.10 Å². The van der Waals surface area contributed by atoms with Crippen molar-refractivity contribution in [3.8, 4) is 11.3 Å². The van der Waals surface area contributed by atoms with Crippen molar-refractivity contribution in [2.45, 2.75) is 33.7 Å². The third-order valence-corrected chi connectivity index (χ3v) is 5.50. The summed E-state index contributed by atoms with van der Waals surface area (Å²) in [7, 11) is 0. The van der Waals surface area contributed by atoms with Crippen LogP contribution in [0.5, 0.6) is 0 Å². The lowest BCUT2D eigenvalue weighted by Crippen LogP contribution is -2.14. The van der Waals surface area contributed by atoms with Gasteiger partial charge in [0, 0.05) is 28.4 Å². The van der Waals surface area contributed by atoms with Crippen LogP contribution in [0.3, 0.4) is 0 Å². The molecule has 0 saturated carbocycles. The summed E-state index contributed by atoms with van der Waals surface area (Å²) in [6.07, 6.45) is 1.68. The van der Waals surface area contributed by atoms with Gasteiger partial charge >= 0.3 is 0 Å². The number of aryl methyl sites for hydroxylation is 2. The predicted octanol–water partition coefficient (Wildman–Crippen LogP) is 5.28. The average molecular weight is 427 g/mol. The second-order valence-corrected chi connectivity index (χ2v) is 8.15. The van der Waals surface area contributed by atoms with Gasteiger partial charge in [0.25, 0.3) is 5.91 Å². The second-order valence-electron chi connectivity index (χ2n) is 7.29. The number of hydrogen-bond donors (Lipinski definition) is 1. The van der Waals surface area contributed by atoms with E-state index in [1.54, 1.807) is 36.2 Å². The summed E-state index contributed by atoms with van der Waals surface area (Å²) in [5, 5.41) is 9.76. The maximum Gasteiger partial charge on any atom is 0.259 e. The van der Waals surface area contributed by atoms with Crippen LogP contribution in [-0.2, 0) is 0 Å². The minimum absolute atomic E-state index is 0.151. The number of nitrogens with zero attached hydrogens (tertiary/aromatic N) is 4. The van der Waals surface area contributed by atoms with Gasteiger partial charge in [-0.1, -0.05) is 0 Å². The van der Waals surface area contributed by atoms with Crippen LogP contribution in [0.15, 0.2) is 29.8 Å². The van der Waals surface area contributed by atoms with Crippen LogP contribution in [0.1, 0.15) is 41.5 Å². The lowest BCUT2D eigenvalue weighted by Gasteiger charge is -2.09. The summed E-state index contributed by atoms with van der Waals surface area (Å²) in [5.74, 6) is -1.68. The van der Waals surface area contributed by atoms with Gasteiger partial charge in [-0.05, 0) is 45.4 Å². The SMILES string of the molecule is Cc1cc(-c2csc(NC(=O)c3cc4cnn(C(C)C)c4nc3C)n2)c(F)cc1F. The van der Waals surface area contributed by atoms with Crippen molar-refractivity contribution in [3.63, 3.8) is 0 Å². The number of amides is 1. The maximum atomic E-state index is 14.1. The van der Waals surface area contributed by atoms with Gasteiger partial charge in [-0.25, -0.2) is 23.4 Å². The van der Waals surface area contributed by atoms with E-state index in [0.717, 1.165) is 28.4 Å². The Labute approximate surface area is 175 Å². The average Bonchev–Trinajstić information content (AvgIpc) is 3.30. The first-order valence-corrected chi connectivity index (χ1v) is 10.2. The second kappa shape index (κ2) is 7.56. The van der Waals surface area contributed by atoms with Gasteiger partial charge in [0.1, 0.15) is 11.6 Å². The zero-order valence-corrected chi connectivity index (χ0v) is 17.6. The molecule has 3 aromatic heterocycles. The van der Waals surface area contributed by atoms with Crippen LogP contribution in [0.4, 0.5) is 13.9 Å². The van der Waals surface area contributed by atoms with Crippen LogP contribution in [0, 0.1) is 25.5 Å². The molecular formula is C21H19F2N5OS. The number of carbonyl (C=O) groups excluding carboxylic acids is 1. The third kappa shape index (κ3) is 3.56. The van der Waals surface area contributed by atoms with Crippen LogP contribution in [0.25, 0.3) is 22.3 Å². The summed E-state index contributed by atoms with van der Waals surface area (Å²) in [6.45, 7) is 7.34.